The summed E-state index contributed by atoms with van der Waals surface area (Å²) in [5.41, 5.74) is -4.48. The van der Waals surface area contributed by atoms with Gasteiger partial charge in [-0.3, -0.25) is 47.9 Å². The minimum Gasteiger partial charge on any atom is -0.448 e. The number of amides is 10. The molecular weight excluding hydrogens is 933 g/mol. The van der Waals surface area contributed by atoms with Gasteiger partial charge in [-0.25, -0.2) is 4.98 Å². The van der Waals surface area contributed by atoms with Crippen LogP contribution in [0.5, 0.6) is 0 Å². The summed E-state index contributed by atoms with van der Waals surface area (Å²) in [5.74, 6) is -5.74. The molecule has 23 heteroatoms. The third-order valence-corrected chi connectivity index (χ3v) is 11.9. The van der Waals surface area contributed by atoms with Gasteiger partial charge in [-0.1, -0.05) is 59.3 Å². The van der Waals surface area contributed by atoms with Gasteiger partial charge in [-0.2, -0.15) is 0 Å². The van der Waals surface area contributed by atoms with E-state index in [1.54, 1.807) is 6.92 Å². The van der Waals surface area contributed by atoms with Crippen molar-refractivity contribution >= 4 is 59.1 Å². The van der Waals surface area contributed by atoms with E-state index in [1.807, 2.05) is 32.8 Å². The third-order valence-electron chi connectivity index (χ3n) is 11.9. The van der Waals surface area contributed by atoms with E-state index in [4.69, 9.17) is 4.42 Å². The summed E-state index contributed by atoms with van der Waals surface area (Å²) in [6.45, 7) is 16.4. The van der Waals surface area contributed by atoms with E-state index in [1.165, 1.54) is 52.7 Å². The van der Waals surface area contributed by atoms with Gasteiger partial charge in [0, 0.05) is 39.5 Å². The minimum atomic E-state index is -1.58. The first-order valence-corrected chi connectivity index (χ1v) is 25.1. The van der Waals surface area contributed by atoms with Crippen molar-refractivity contribution in [3.63, 3.8) is 0 Å². The van der Waals surface area contributed by atoms with Crippen molar-refractivity contribution in [2.45, 2.75) is 175 Å². The molecule has 0 saturated carbocycles. The van der Waals surface area contributed by atoms with Gasteiger partial charge in [-0.05, 0) is 87.2 Å². The molecule has 1 aliphatic rings. The van der Waals surface area contributed by atoms with Gasteiger partial charge in [0.2, 0.25) is 53.2 Å². The Hall–Kier alpha value is -6.13. The van der Waals surface area contributed by atoms with Crippen molar-refractivity contribution in [1.82, 2.24) is 62.6 Å². The Morgan fingerprint density at radius 2 is 1.32 bits per heavy atom. The zero-order chi connectivity index (χ0) is 54.4. The highest BCUT2D eigenvalue weighted by Gasteiger charge is 2.40. The lowest BCUT2D eigenvalue weighted by Gasteiger charge is -2.33. The number of hydrogen-bond donors (Lipinski definition) is 9. The normalized spacial score (nSPS) is 14.7. The number of aromatic nitrogens is 1. The zero-order valence-corrected chi connectivity index (χ0v) is 44.7. The quantitative estimate of drug-likeness (QED) is 0.0458. The Bertz CT molecular complexity index is 2030. The van der Waals surface area contributed by atoms with Gasteiger partial charge in [0.1, 0.15) is 41.0 Å². The molecule has 3 unspecified atom stereocenters. The predicted octanol–water partition coefficient (Wildman–Crippen LogP) is 0.455. The van der Waals surface area contributed by atoms with E-state index in [0.717, 1.165) is 32.1 Å². The molecule has 1 aromatic heterocycles. The summed E-state index contributed by atoms with van der Waals surface area (Å²) in [6.07, 6.45) is 8.30. The number of carbonyl (C=O) groups excluding carboxylic acids is 10. The van der Waals surface area contributed by atoms with E-state index in [2.05, 4.69) is 59.8 Å². The average molecular weight is 1020 g/mol. The highest BCUT2D eigenvalue weighted by molar-refractivity contribution is 6.00. The predicted molar refractivity (Wildman–Crippen MR) is 268 cm³/mol. The molecule has 23 nitrogen and oxygen atoms in total. The Morgan fingerprint density at radius 3 is 1.94 bits per heavy atom. The highest BCUT2D eigenvalue weighted by Crippen LogP contribution is 2.21. The second-order valence-electron chi connectivity index (χ2n) is 20.7. The van der Waals surface area contributed by atoms with Crippen molar-refractivity contribution < 1.29 is 52.4 Å². The number of rotatable bonds is 31. The maximum atomic E-state index is 13.6. The van der Waals surface area contributed by atoms with Gasteiger partial charge >= 0.3 is 0 Å². The number of nitrogens with zero attached hydrogens (tertiary/aromatic N) is 3. The van der Waals surface area contributed by atoms with Crippen LogP contribution in [0.2, 0.25) is 0 Å². The van der Waals surface area contributed by atoms with Crippen molar-refractivity contribution in [3.8, 4) is 0 Å². The fourth-order valence-corrected chi connectivity index (χ4v) is 7.59. The van der Waals surface area contributed by atoms with Crippen LogP contribution in [-0.4, -0.2) is 162 Å². The van der Waals surface area contributed by atoms with Crippen LogP contribution in [0.1, 0.15) is 149 Å². The van der Waals surface area contributed by atoms with E-state index >= 15 is 0 Å². The molecule has 10 amide bonds. The molecule has 0 radical (unpaired) electrons. The Labute approximate surface area is 424 Å². The number of carbonyl (C=O) groups is 10. The van der Waals surface area contributed by atoms with Crippen LogP contribution in [-0.2, 0) is 43.2 Å². The summed E-state index contributed by atoms with van der Waals surface area (Å²) in [7, 11) is 3.76. The molecule has 0 bridgehead atoms. The summed E-state index contributed by atoms with van der Waals surface area (Å²) in [6, 6.07) is -2.97. The maximum Gasteiger partial charge on any atom is 0.276 e. The van der Waals surface area contributed by atoms with Crippen LogP contribution < -0.4 is 47.9 Å². The molecule has 9 N–H and O–H groups in total. The van der Waals surface area contributed by atoms with E-state index in [0.29, 0.717) is 44.8 Å². The van der Waals surface area contributed by atoms with E-state index in [-0.39, 0.29) is 43.3 Å². The maximum absolute atomic E-state index is 13.6. The SMILES string of the molecule is CCCCCCCCC(NC(=O)C1CCCN1C(=O)c1coc(C)n1)C(=O)NCC(=O)NC(C)(C)C(=O)NCC(=O)NC(CC(C)C)C(=O)NC(C)(C)C(=O)NC(C)(C)C(=O)NCCC(=O)NCCN(C)C. The average Bonchev–Trinajstić information content (AvgIpc) is 3.96. The molecule has 1 aromatic rings. The summed E-state index contributed by atoms with van der Waals surface area (Å²) < 4.78 is 5.19. The van der Waals surface area contributed by atoms with E-state index < -0.39 is 101 Å². The first-order chi connectivity index (χ1) is 33.6. The number of likely N-dealkylation sites (tertiary alicyclic amines) is 1. The highest BCUT2D eigenvalue weighted by atomic mass is 16.3. The summed E-state index contributed by atoms with van der Waals surface area (Å²) in [4.78, 5) is 139. The third kappa shape index (κ3) is 21.7. The first kappa shape index (κ1) is 62.0. The van der Waals surface area contributed by atoms with Crippen molar-refractivity contribution in [2.75, 3.05) is 53.4 Å². The fraction of sp³-hybridized carbons (Fsp3) is 0.735. The monoisotopic (exact) mass is 1020 g/mol. The lowest BCUT2D eigenvalue weighted by atomic mass is 9.97. The summed E-state index contributed by atoms with van der Waals surface area (Å²) in [5, 5.41) is 23.7. The second-order valence-corrected chi connectivity index (χ2v) is 20.7. The van der Waals surface area contributed by atoms with Gasteiger partial charge in [0.25, 0.3) is 5.91 Å². The molecule has 1 fully saturated rings. The van der Waals surface area contributed by atoms with Crippen molar-refractivity contribution in [3.05, 3.63) is 17.8 Å². The molecule has 2 rings (SSSR count). The van der Waals surface area contributed by atoms with Crippen LogP contribution >= 0.6 is 0 Å². The molecule has 406 valence electrons. The van der Waals surface area contributed by atoms with Gasteiger partial charge in [0.05, 0.1) is 13.1 Å². The molecule has 0 aliphatic carbocycles. The molecule has 72 heavy (non-hydrogen) atoms. The van der Waals surface area contributed by atoms with Crippen LogP contribution in [0, 0.1) is 12.8 Å². The molecule has 0 aromatic carbocycles. The van der Waals surface area contributed by atoms with Crippen LogP contribution in [0.3, 0.4) is 0 Å². The van der Waals surface area contributed by atoms with Crippen molar-refractivity contribution in [1.29, 1.82) is 0 Å². The molecule has 1 aliphatic heterocycles. The van der Waals surface area contributed by atoms with Gasteiger partial charge in [0.15, 0.2) is 11.6 Å². The fourth-order valence-electron chi connectivity index (χ4n) is 7.59. The standard InChI is InChI=1S/C49H84N12O11/c1-13-14-15-16-17-18-20-33(56-42(67)36-21-19-25-61(36)43(68)35-30-72-32(4)54-35)40(65)52-29-39(64)57-47(5,6)45(70)53-28-38(63)55-34(27-31(2)3)41(66)58-49(9,10)46(71)59-48(7,8)44(69)51-23-22-37(62)50-24-26-60(11)12/h30-31,33-34,36H,13-29H2,1-12H3,(H,50,62)(H,51,69)(H,52,65)(H,53,70)(H,55,63)(H,56,67)(H,57,64)(H,58,66)(H,59,71). The minimum absolute atomic E-state index is 0.0394. The van der Waals surface area contributed by atoms with E-state index in [9.17, 15) is 47.9 Å². The van der Waals surface area contributed by atoms with Crippen molar-refractivity contribution in [2.24, 2.45) is 5.92 Å². The topological polar surface area (TPSA) is 311 Å². The Morgan fingerprint density at radius 1 is 0.708 bits per heavy atom. The zero-order valence-electron chi connectivity index (χ0n) is 44.7. The summed E-state index contributed by atoms with van der Waals surface area (Å²) >= 11 is 0. The number of hydrogen-bond acceptors (Lipinski definition) is 13. The number of nitrogens with one attached hydrogen (secondary N) is 9. The molecule has 2 heterocycles. The lowest BCUT2D eigenvalue weighted by Crippen LogP contribution is -2.64. The number of likely N-dealkylation sites (N-methyl/N-ethyl adjacent to an activating group) is 1. The lowest BCUT2D eigenvalue weighted by molar-refractivity contribution is -0.138. The molecule has 0 spiro atoms. The number of unbranched alkanes of at least 4 members (excludes halogenated alkanes) is 5. The largest absolute Gasteiger partial charge is 0.448 e. The molecule has 3 atom stereocenters. The first-order valence-electron chi connectivity index (χ1n) is 25.1. The Kier molecular flexibility index (Phi) is 25.3. The number of aryl methyl sites for hydroxylation is 1. The van der Waals surface area contributed by atoms with Crippen LogP contribution in [0.25, 0.3) is 0 Å². The van der Waals surface area contributed by atoms with Gasteiger partial charge in [-0.15, -0.1) is 0 Å². The second kappa shape index (κ2) is 29.4. The Balaban J connectivity index is 1.97. The molecular formula is C49H84N12O11. The van der Waals surface area contributed by atoms with Crippen LogP contribution in [0.15, 0.2) is 10.7 Å². The van der Waals surface area contributed by atoms with Crippen LogP contribution in [0.4, 0.5) is 0 Å². The van der Waals surface area contributed by atoms with Gasteiger partial charge < -0.3 is 62.1 Å². The molecule has 1 saturated heterocycles. The smallest absolute Gasteiger partial charge is 0.276 e. The number of oxazole rings is 1.